The Bertz CT molecular complexity index is 887. The summed E-state index contributed by atoms with van der Waals surface area (Å²) in [5.41, 5.74) is 0.439. The molecule has 0 aromatic rings. The van der Waals surface area contributed by atoms with Crippen molar-refractivity contribution in [3.05, 3.63) is 0 Å². The minimum atomic E-state index is -2.56. The van der Waals surface area contributed by atoms with Crippen LogP contribution < -0.4 is 0 Å². The first-order valence-corrected chi connectivity index (χ1v) is 40.0. The van der Waals surface area contributed by atoms with Crippen molar-refractivity contribution in [1.82, 2.24) is 0 Å². The molecule has 360 valence electrons. The summed E-state index contributed by atoms with van der Waals surface area (Å²) in [7, 11) is 8.17. The fraction of sp³-hybridized carbons (Fsp3) is 1.00. The van der Waals surface area contributed by atoms with Gasteiger partial charge in [0.2, 0.25) is 0 Å². The molecule has 1 rings (SSSR count). The molecule has 0 aromatic carbocycles. The van der Waals surface area contributed by atoms with Crippen LogP contribution in [0.1, 0.15) is 127 Å². The van der Waals surface area contributed by atoms with Crippen LogP contribution in [0.15, 0.2) is 0 Å². The minimum Gasteiger partial charge on any atom is -0.374 e. The molecule has 1 aliphatic rings. The molecule has 9 nitrogen and oxygen atoms in total. The van der Waals surface area contributed by atoms with Gasteiger partial charge in [-0.05, 0) is 176 Å². The van der Waals surface area contributed by atoms with Crippen LogP contribution in [0, 0.1) is 11.3 Å². The van der Waals surface area contributed by atoms with Crippen molar-refractivity contribution in [1.29, 1.82) is 0 Å². The molecule has 0 aliphatic heterocycles. The third-order valence-corrected chi connectivity index (χ3v) is 33.7. The maximum Gasteiger partial charge on any atom is 0.500 e. The van der Waals surface area contributed by atoms with E-state index in [0.717, 1.165) is 60.6 Å². The molecule has 1 atom stereocenters. The quantitative estimate of drug-likeness (QED) is 0.0329. The van der Waals surface area contributed by atoms with Gasteiger partial charge in [-0.3, -0.25) is 0 Å². The van der Waals surface area contributed by atoms with E-state index in [0.29, 0.717) is 64.9 Å². The largest absolute Gasteiger partial charge is 0.500 e. The zero-order valence-electron chi connectivity index (χ0n) is 38.7. The van der Waals surface area contributed by atoms with Crippen molar-refractivity contribution in [2.75, 3.05) is 94.0 Å². The van der Waals surface area contributed by atoms with Crippen molar-refractivity contribution in [2.24, 2.45) is 11.3 Å². The second-order valence-electron chi connectivity index (χ2n) is 14.0. The minimum absolute atomic E-state index is 0.439. The highest BCUT2D eigenvalue weighted by atomic mass is 33.7. The first kappa shape index (κ1) is 61.5. The Kier molecular flexibility index (Phi) is 41.3. The van der Waals surface area contributed by atoms with E-state index in [2.05, 4.69) is 33.3 Å². The predicted octanol–water partition coefficient (Wildman–Crippen LogP) is 14.7. The summed E-state index contributed by atoms with van der Waals surface area (Å²) in [6, 6.07) is 2.69. The van der Waals surface area contributed by atoms with Gasteiger partial charge in [-0.1, -0.05) is 56.0 Å². The highest BCUT2D eigenvalue weighted by molar-refractivity contribution is 9.26. The van der Waals surface area contributed by atoms with Crippen molar-refractivity contribution < 1.29 is 39.8 Å². The van der Waals surface area contributed by atoms with Crippen molar-refractivity contribution in [2.45, 2.75) is 145 Å². The van der Waals surface area contributed by atoms with Crippen LogP contribution in [0.3, 0.4) is 0 Å². The van der Waals surface area contributed by atoms with E-state index in [1.165, 1.54) is 62.2 Å². The molecule has 21 heteroatoms. The molecule has 1 unspecified atom stereocenters. The third kappa shape index (κ3) is 26.8. The molecular formula is C39H84O9S9Si3. The molecular weight excluding hydrogens is 985 g/mol. The first-order valence-electron chi connectivity index (χ1n) is 22.8. The Labute approximate surface area is 406 Å². The van der Waals surface area contributed by atoms with Gasteiger partial charge in [0.25, 0.3) is 0 Å². The predicted molar refractivity (Wildman–Crippen MR) is 286 cm³/mol. The van der Waals surface area contributed by atoms with Gasteiger partial charge in [0.1, 0.15) is 0 Å². The molecule has 1 saturated carbocycles. The maximum atomic E-state index is 6.12. The normalized spacial score (nSPS) is 16.2. The van der Waals surface area contributed by atoms with Crippen molar-refractivity contribution in [3.8, 4) is 0 Å². The lowest BCUT2D eigenvalue weighted by Gasteiger charge is -2.45. The fourth-order valence-corrected chi connectivity index (χ4v) is 29.9. The summed E-state index contributed by atoms with van der Waals surface area (Å²) >= 11 is 2.13. The number of hydrogen-bond acceptors (Lipinski definition) is 18. The van der Waals surface area contributed by atoms with Crippen LogP contribution in [-0.4, -0.2) is 120 Å². The third-order valence-electron chi connectivity index (χ3n) is 10.0. The Hall–Kier alpha value is 3.44. The van der Waals surface area contributed by atoms with Crippen molar-refractivity contribution >= 4 is 121 Å². The Morgan fingerprint density at radius 3 is 1.10 bits per heavy atom. The van der Waals surface area contributed by atoms with Crippen LogP contribution in [-0.2, 0) is 39.8 Å². The summed E-state index contributed by atoms with van der Waals surface area (Å²) in [4.78, 5) is 0. The Morgan fingerprint density at radius 2 is 0.750 bits per heavy atom. The van der Waals surface area contributed by atoms with E-state index in [1.54, 1.807) is 0 Å². The Balaban J connectivity index is 2.70. The van der Waals surface area contributed by atoms with E-state index in [1.807, 2.05) is 123 Å². The second kappa shape index (κ2) is 40.3. The van der Waals surface area contributed by atoms with Gasteiger partial charge in [-0.25, -0.2) is 0 Å². The number of rotatable bonds is 45. The van der Waals surface area contributed by atoms with Crippen LogP contribution in [0.4, 0.5) is 0 Å². The topological polar surface area (TPSA) is 83.1 Å². The van der Waals surface area contributed by atoms with Crippen LogP contribution in [0.5, 0.6) is 0 Å². The van der Waals surface area contributed by atoms with Crippen LogP contribution in [0.2, 0.25) is 18.1 Å². The van der Waals surface area contributed by atoms with E-state index < -0.39 is 26.4 Å². The molecule has 60 heavy (non-hydrogen) atoms. The lowest BCUT2D eigenvalue weighted by molar-refractivity contribution is 0.0704. The molecule has 0 aromatic heterocycles. The summed E-state index contributed by atoms with van der Waals surface area (Å²) in [5.74, 6) is 7.78. The number of thioether (sulfide) groups is 1. The van der Waals surface area contributed by atoms with Gasteiger partial charge in [-0.2, -0.15) is 11.8 Å². The molecule has 1 fully saturated rings. The smallest absolute Gasteiger partial charge is 0.374 e. The molecule has 1 aliphatic carbocycles. The fourth-order valence-electron chi connectivity index (χ4n) is 7.73. The average molecular weight is 1070 g/mol. The first-order chi connectivity index (χ1) is 29.3. The van der Waals surface area contributed by atoms with E-state index in [-0.39, 0.29) is 0 Å². The lowest BCUT2D eigenvalue weighted by atomic mass is 9.62. The SMILES string of the molecule is CCO[Si](CCCSCCC1CCCCC1(CCSSSSCCC[Si](OCC)(OCC)OCC)CCSSSSCCC[Si](OCC)(OCC)OCC)(OCC)OCC. The molecule has 0 amide bonds. The lowest BCUT2D eigenvalue weighted by Crippen LogP contribution is -2.46. The monoisotopic (exact) mass is 1070 g/mol. The second-order valence-corrected chi connectivity index (χ2v) is 35.9. The van der Waals surface area contributed by atoms with Gasteiger partial charge < -0.3 is 39.8 Å². The van der Waals surface area contributed by atoms with E-state index >= 15 is 0 Å². The molecule has 0 spiro atoms. The maximum absolute atomic E-state index is 6.12. The zero-order valence-corrected chi connectivity index (χ0v) is 49.1. The van der Waals surface area contributed by atoms with Crippen molar-refractivity contribution in [3.63, 3.8) is 0 Å². The highest BCUT2D eigenvalue weighted by Gasteiger charge is 2.42. The van der Waals surface area contributed by atoms with Gasteiger partial charge >= 0.3 is 26.4 Å². The summed E-state index contributed by atoms with van der Waals surface area (Å²) < 4.78 is 54.7. The standard InChI is InChI=1S/C39H84O9S9Si3/c1-10-40-58(41-11-2,42-12-3)35-21-29-49-32-25-38-24-19-20-26-39(38,27-33-52-56-54-50-30-22-36-59(43-13-4,44-14-5)45-15-6)28-34-53-57-55-51-31-23-37-60(46-16-7,47-17-8)48-18-9/h38H,10-37H2,1-9H3. The van der Waals surface area contributed by atoms with E-state index in [4.69, 9.17) is 39.8 Å². The number of hydrogen-bond donors (Lipinski definition) is 0. The van der Waals surface area contributed by atoms with E-state index in [9.17, 15) is 0 Å². The van der Waals surface area contributed by atoms with Gasteiger partial charge in [0.05, 0.1) is 0 Å². The van der Waals surface area contributed by atoms with Crippen LogP contribution >= 0.6 is 94.2 Å². The summed E-state index contributed by atoms with van der Waals surface area (Å²) in [6.45, 7) is 24.1. The molecule has 0 saturated heterocycles. The van der Waals surface area contributed by atoms with Crippen LogP contribution in [0.25, 0.3) is 0 Å². The summed E-state index contributed by atoms with van der Waals surface area (Å²) in [6.07, 6.45) is 12.7. The molecule has 0 N–H and O–H groups in total. The van der Waals surface area contributed by atoms with Gasteiger partial charge in [-0.15, -0.1) is 0 Å². The molecule has 0 bridgehead atoms. The summed E-state index contributed by atoms with van der Waals surface area (Å²) in [5, 5.41) is 0. The molecule has 0 heterocycles. The zero-order chi connectivity index (χ0) is 44.1. The molecule has 0 radical (unpaired) electrons. The average Bonchev–Trinajstić information content (AvgIpc) is 3.22. The highest BCUT2D eigenvalue weighted by Crippen LogP contribution is 2.53. The Morgan fingerprint density at radius 1 is 0.417 bits per heavy atom. The van der Waals surface area contributed by atoms with Gasteiger partial charge in [0, 0.05) is 101 Å². The van der Waals surface area contributed by atoms with Gasteiger partial charge in [0.15, 0.2) is 0 Å².